The SMILES string of the molecule is NCC(F)(F)Oc1cccc(C(=O)O)c1. The summed E-state index contributed by atoms with van der Waals surface area (Å²) in [4.78, 5) is 10.5. The van der Waals surface area contributed by atoms with Crippen molar-refractivity contribution in [3.8, 4) is 5.75 Å². The summed E-state index contributed by atoms with van der Waals surface area (Å²) in [6.07, 6.45) is -3.49. The van der Waals surface area contributed by atoms with Crippen molar-refractivity contribution in [2.24, 2.45) is 5.73 Å². The Labute approximate surface area is 84.3 Å². The van der Waals surface area contributed by atoms with Crippen molar-refractivity contribution in [1.29, 1.82) is 0 Å². The van der Waals surface area contributed by atoms with Crippen LogP contribution in [0.3, 0.4) is 0 Å². The predicted molar refractivity (Wildman–Crippen MR) is 48.0 cm³/mol. The fourth-order valence-corrected chi connectivity index (χ4v) is 0.907. The van der Waals surface area contributed by atoms with Crippen molar-refractivity contribution in [2.75, 3.05) is 6.54 Å². The lowest BCUT2D eigenvalue weighted by molar-refractivity contribution is -0.166. The monoisotopic (exact) mass is 217 g/mol. The van der Waals surface area contributed by atoms with Crippen LogP contribution in [0.2, 0.25) is 0 Å². The molecule has 0 unspecified atom stereocenters. The standard InChI is InChI=1S/C9H9F2NO3/c10-9(11,5-12)15-7-3-1-2-6(4-7)8(13)14/h1-4H,5,12H2,(H,13,14). The molecule has 0 atom stereocenters. The number of alkyl halides is 2. The van der Waals surface area contributed by atoms with Gasteiger partial charge in [0.2, 0.25) is 0 Å². The minimum atomic E-state index is -3.49. The zero-order valence-corrected chi connectivity index (χ0v) is 7.61. The number of halogens is 2. The highest BCUT2D eigenvalue weighted by Crippen LogP contribution is 2.21. The molecule has 0 saturated carbocycles. The third kappa shape index (κ3) is 3.17. The largest absolute Gasteiger partial charge is 0.478 e. The summed E-state index contributed by atoms with van der Waals surface area (Å²) in [7, 11) is 0. The molecule has 0 radical (unpaired) electrons. The molecular weight excluding hydrogens is 208 g/mol. The predicted octanol–water partition coefficient (Wildman–Crippen LogP) is 1.32. The van der Waals surface area contributed by atoms with Crippen molar-refractivity contribution in [3.63, 3.8) is 0 Å². The lowest BCUT2D eigenvalue weighted by Crippen LogP contribution is -2.34. The van der Waals surface area contributed by atoms with Gasteiger partial charge in [0.1, 0.15) is 5.75 Å². The van der Waals surface area contributed by atoms with E-state index in [1.165, 1.54) is 18.2 Å². The topological polar surface area (TPSA) is 72.5 Å². The van der Waals surface area contributed by atoms with Crippen LogP contribution in [0.5, 0.6) is 5.75 Å². The molecule has 6 heteroatoms. The molecule has 0 amide bonds. The van der Waals surface area contributed by atoms with Crippen LogP contribution in [0.4, 0.5) is 8.78 Å². The molecule has 0 aliphatic heterocycles. The Morgan fingerprint density at radius 1 is 1.53 bits per heavy atom. The van der Waals surface area contributed by atoms with E-state index in [2.05, 4.69) is 4.74 Å². The molecular formula is C9H9F2NO3. The van der Waals surface area contributed by atoms with Crippen LogP contribution in [0.15, 0.2) is 24.3 Å². The van der Waals surface area contributed by atoms with Crippen molar-refractivity contribution in [2.45, 2.75) is 6.11 Å². The summed E-state index contributed by atoms with van der Waals surface area (Å²) < 4.78 is 29.6. The Kier molecular flexibility index (Phi) is 3.21. The first kappa shape index (κ1) is 11.4. The maximum absolute atomic E-state index is 12.7. The Morgan fingerprint density at radius 3 is 2.73 bits per heavy atom. The van der Waals surface area contributed by atoms with Crippen LogP contribution in [0.25, 0.3) is 0 Å². The average Bonchev–Trinajstić information content (AvgIpc) is 2.17. The number of benzene rings is 1. The number of hydrogen-bond acceptors (Lipinski definition) is 3. The number of ether oxygens (including phenoxy) is 1. The van der Waals surface area contributed by atoms with Gasteiger partial charge in [-0.3, -0.25) is 0 Å². The summed E-state index contributed by atoms with van der Waals surface area (Å²) in [5, 5.41) is 8.60. The second-order valence-electron chi connectivity index (χ2n) is 2.78. The molecule has 0 saturated heterocycles. The molecule has 0 aliphatic carbocycles. The molecule has 82 valence electrons. The molecule has 0 aromatic heterocycles. The molecule has 1 aromatic carbocycles. The van der Waals surface area contributed by atoms with Crippen molar-refractivity contribution in [1.82, 2.24) is 0 Å². The molecule has 4 nitrogen and oxygen atoms in total. The van der Waals surface area contributed by atoms with Crippen LogP contribution < -0.4 is 10.5 Å². The van der Waals surface area contributed by atoms with Gasteiger partial charge in [-0.05, 0) is 18.2 Å². The van der Waals surface area contributed by atoms with Gasteiger partial charge in [-0.2, -0.15) is 8.78 Å². The Hall–Kier alpha value is -1.69. The highest BCUT2D eigenvalue weighted by molar-refractivity contribution is 5.87. The minimum Gasteiger partial charge on any atom is -0.478 e. The van der Waals surface area contributed by atoms with E-state index in [0.29, 0.717) is 0 Å². The van der Waals surface area contributed by atoms with E-state index in [-0.39, 0.29) is 11.3 Å². The first-order valence-corrected chi connectivity index (χ1v) is 4.05. The number of aromatic carboxylic acids is 1. The van der Waals surface area contributed by atoms with Crippen molar-refractivity contribution >= 4 is 5.97 Å². The number of nitrogens with two attached hydrogens (primary N) is 1. The quantitative estimate of drug-likeness (QED) is 0.797. The van der Waals surface area contributed by atoms with Crippen LogP contribution in [0.1, 0.15) is 10.4 Å². The van der Waals surface area contributed by atoms with Gasteiger partial charge in [0.25, 0.3) is 0 Å². The fraction of sp³-hybridized carbons (Fsp3) is 0.222. The first-order valence-electron chi connectivity index (χ1n) is 4.05. The fourth-order valence-electron chi connectivity index (χ4n) is 0.907. The van der Waals surface area contributed by atoms with Crippen LogP contribution in [-0.4, -0.2) is 23.7 Å². The van der Waals surface area contributed by atoms with Crippen LogP contribution in [0, 0.1) is 0 Å². The number of rotatable bonds is 4. The first-order chi connectivity index (χ1) is 6.94. The maximum Gasteiger partial charge on any atom is 0.410 e. The van der Waals surface area contributed by atoms with Gasteiger partial charge in [-0.15, -0.1) is 0 Å². The second-order valence-corrected chi connectivity index (χ2v) is 2.78. The molecule has 1 aromatic rings. The third-order valence-corrected chi connectivity index (χ3v) is 1.59. The van der Waals surface area contributed by atoms with E-state index >= 15 is 0 Å². The minimum absolute atomic E-state index is 0.125. The van der Waals surface area contributed by atoms with E-state index in [1.807, 2.05) is 0 Å². The van der Waals surface area contributed by atoms with Gasteiger partial charge in [-0.1, -0.05) is 6.07 Å². The van der Waals surface area contributed by atoms with Gasteiger partial charge in [0.05, 0.1) is 12.1 Å². The van der Waals surface area contributed by atoms with Crippen LogP contribution >= 0.6 is 0 Å². The van der Waals surface area contributed by atoms with Gasteiger partial charge < -0.3 is 15.6 Å². The van der Waals surface area contributed by atoms with E-state index in [9.17, 15) is 13.6 Å². The van der Waals surface area contributed by atoms with Gasteiger partial charge >= 0.3 is 12.1 Å². The maximum atomic E-state index is 12.7. The van der Waals surface area contributed by atoms with Gasteiger partial charge in [0.15, 0.2) is 0 Å². The van der Waals surface area contributed by atoms with E-state index < -0.39 is 18.6 Å². The number of carboxylic acids is 1. The van der Waals surface area contributed by atoms with Gasteiger partial charge in [-0.25, -0.2) is 4.79 Å². The normalized spacial score (nSPS) is 11.1. The third-order valence-electron chi connectivity index (χ3n) is 1.59. The lowest BCUT2D eigenvalue weighted by atomic mass is 10.2. The molecule has 1 rings (SSSR count). The zero-order chi connectivity index (χ0) is 11.5. The second kappa shape index (κ2) is 4.22. The Bertz CT molecular complexity index is 368. The summed E-state index contributed by atoms with van der Waals surface area (Å²) >= 11 is 0. The van der Waals surface area contributed by atoms with E-state index in [0.717, 1.165) is 6.07 Å². The molecule has 0 aliphatic rings. The molecule has 3 N–H and O–H groups in total. The molecule has 0 spiro atoms. The highest BCUT2D eigenvalue weighted by atomic mass is 19.3. The Balaban J connectivity index is 2.87. The average molecular weight is 217 g/mol. The Morgan fingerprint density at radius 2 is 2.20 bits per heavy atom. The zero-order valence-electron chi connectivity index (χ0n) is 7.61. The molecule has 15 heavy (non-hydrogen) atoms. The molecule has 0 bridgehead atoms. The number of carboxylic acid groups (broad SMARTS) is 1. The summed E-state index contributed by atoms with van der Waals surface area (Å²) in [6, 6.07) is 4.82. The lowest BCUT2D eigenvalue weighted by Gasteiger charge is -2.15. The molecule has 0 heterocycles. The van der Waals surface area contributed by atoms with E-state index in [1.54, 1.807) is 0 Å². The van der Waals surface area contributed by atoms with Crippen LogP contribution in [-0.2, 0) is 0 Å². The van der Waals surface area contributed by atoms with E-state index in [4.69, 9.17) is 10.8 Å². The number of carbonyl (C=O) groups is 1. The summed E-state index contributed by atoms with van der Waals surface area (Å²) in [5.74, 6) is -1.44. The smallest absolute Gasteiger partial charge is 0.410 e. The summed E-state index contributed by atoms with van der Waals surface area (Å²) in [6.45, 7) is -0.968. The van der Waals surface area contributed by atoms with Crippen molar-refractivity contribution < 1.29 is 23.4 Å². The number of hydrogen-bond donors (Lipinski definition) is 2. The van der Waals surface area contributed by atoms with Gasteiger partial charge in [0, 0.05) is 0 Å². The highest BCUT2D eigenvalue weighted by Gasteiger charge is 2.29. The molecule has 0 fully saturated rings. The van der Waals surface area contributed by atoms with Crippen molar-refractivity contribution in [3.05, 3.63) is 29.8 Å². The summed E-state index contributed by atoms with van der Waals surface area (Å²) in [5.41, 5.74) is 4.64.